The number of halogens is 1. The number of carbonyl (C=O) groups is 1. The second kappa shape index (κ2) is 17.2. The summed E-state index contributed by atoms with van der Waals surface area (Å²) in [4.78, 5) is 44.1. The maximum absolute atomic E-state index is 14.6. The molecule has 14 nitrogen and oxygen atoms in total. The number of pyridine rings is 1. The molecule has 9 rings (SSSR count). The van der Waals surface area contributed by atoms with Crippen LogP contribution < -0.4 is 16.2 Å². The number of hydrogen-bond acceptors (Lipinski definition) is 11. The van der Waals surface area contributed by atoms with Gasteiger partial charge in [0.2, 0.25) is 5.95 Å². The highest BCUT2D eigenvalue weighted by molar-refractivity contribution is 7.90. The second-order valence-corrected chi connectivity index (χ2v) is 21.2. The van der Waals surface area contributed by atoms with Crippen LogP contribution in [-0.2, 0) is 32.1 Å². The fourth-order valence-electron chi connectivity index (χ4n) is 9.66. The highest BCUT2D eigenvalue weighted by atomic mass is 32.2. The fourth-order valence-corrected chi connectivity index (χ4v) is 11.0. The molecule has 1 saturated carbocycles. The van der Waals surface area contributed by atoms with Gasteiger partial charge in [-0.2, -0.15) is 0 Å². The normalized spacial score (nSPS) is 20.0. The van der Waals surface area contributed by atoms with Crippen LogP contribution in [0.4, 0.5) is 15.1 Å². The first-order valence-corrected chi connectivity index (χ1v) is 24.3. The zero-order valence-electron chi connectivity index (χ0n) is 38.7. The van der Waals surface area contributed by atoms with Gasteiger partial charge in [0.1, 0.15) is 22.5 Å². The standard InChI is InChI=1S/C50H59FN8O6S/c1-31-8-17-39(18-9-31)66(62,63)59-25-22-40-42(29-55(7)46(60)44(40)59)34-10-19-43-41(26-34)45(50(30-52,64-38-15-16-38)35-11-13-36(51)14-12-35)54-47(53-43)56-23-20-37(21-24-56)57-27-33(3)58(28-32(57)2)48(61)65-49(4,5)6/h8-14,17-19,22,25-26,29,32-33,37-38H,15-16,20-21,23-24,27-28,30,52H2,1-7H3/t32-,33+,50?/m0/s1. The van der Waals surface area contributed by atoms with E-state index < -0.39 is 26.8 Å². The lowest BCUT2D eigenvalue weighted by molar-refractivity contribution is -0.0259. The highest BCUT2D eigenvalue weighted by Gasteiger charge is 2.44. The minimum absolute atomic E-state index is 0.00212. The number of anilines is 1. The molecule has 66 heavy (non-hydrogen) atoms. The van der Waals surface area contributed by atoms with Crippen molar-refractivity contribution in [1.29, 1.82) is 0 Å². The Morgan fingerprint density at radius 2 is 1.59 bits per heavy atom. The van der Waals surface area contributed by atoms with Gasteiger partial charge in [0, 0.05) is 86.6 Å². The lowest BCUT2D eigenvalue weighted by Gasteiger charge is -2.49. The van der Waals surface area contributed by atoms with Gasteiger partial charge in [0.25, 0.3) is 15.6 Å². The maximum Gasteiger partial charge on any atom is 0.410 e. The number of benzene rings is 3. The average molecular weight is 919 g/mol. The molecule has 1 aliphatic carbocycles. The van der Waals surface area contributed by atoms with Gasteiger partial charge < -0.3 is 29.6 Å². The van der Waals surface area contributed by atoms with E-state index in [9.17, 15) is 22.4 Å². The molecule has 3 fully saturated rings. The summed E-state index contributed by atoms with van der Waals surface area (Å²) < 4.78 is 57.8. The van der Waals surface area contributed by atoms with Crippen LogP contribution in [0.15, 0.2) is 94.9 Å². The van der Waals surface area contributed by atoms with Crippen molar-refractivity contribution in [3.63, 3.8) is 0 Å². The van der Waals surface area contributed by atoms with E-state index in [0.29, 0.717) is 70.3 Å². The summed E-state index contributed by atoms with van der Waals surface area (Å²) in [5, 5.41) is 1.11. The summed E-state index contributed by atoms with van der Waals surface area (Å²) in [5.74, 6) is 0.140. The molecule has 3 aromatic carbocycles. The quantitative estimate of drug-likeness (QED) is 0.147. The third kappa shape index (κ3) is 8.48. The van der Waals surface area contributed by atoms with E-state index >= 15 is 0 Å². The number of fused-ring (bicyclic) bond motifs is 2. The molecular formula is C50H59FN8O6S. The number of hydrogen-bond donors (Lipinski definition) is 1. The molecule has 0 spiro atoms. The maximum atomic E-state index is 14.6. The molecule has 16 heteroatoms. The van der Waals surface area contributed by atoms with Gasteiger partial charge in [0.05, 0.1) is 22.2 Å². The number of piperidine rings is 1. The monoisotopic (exact) mass is 918 g/mol. The smallest absolute Gasteiger partial charge is 0.410 e. The molecule has 5 heterocycles. The number of piperazine rings is 1. The van der Waals surface area contributed by atoms with Crippen molar-refractivity contribution < 1.29 is 27.1 Å². The summed E-state index contributed by atoms with van der Waals surface area (Å²) in [7, 11) is -2.52. The Kier molecular flexibility index (Phi) is 11.8. The Morgan fingerprint density at radius 1 is 0.894 bits per heavy atom. The first-order chi connectivity index (χ1) is 31.4. The average Bonchev–Trinajstić information content (AvgIpc) is 3.99. The predicted molar refractivity (Wildman–Crippen MR) is 254 cm³/mol. The van der Waals surface area contributed by atoms with E-state index in [2.05, 4.69) is 23.6 Å². The molecule has 2 aliphatic heterocycles. The summed E-state index contributed by atoms with van der Waals surface area (Å²) in [6, 6.07) is 20.6. The molecule has 1 unspecified atom stereocenters. The van der Waals surface area contributed by atoms with Gasteiger partial charge in [-0.05, 0) is 121 Å². The predicted octanol–water partition coefficient (Wildman–Crippen LogP) is 7.31. The Bertz CT molecular complexity index is 2980. The Morgan fingerprint density at radius 3 is 2.24 bits per heavy atom. The third-order valence-electron chi connectivity index (χ3n) is 13.3. The van der Waals surface area contributed by atoms with E-state index in [1.807, 2.05) is 50.8 Å². The van der Waals surface area contributed by atoms with Crippen LogP contribution in [0.1, 0.15) is 77.1 Å². The highest BCUT2D eigenvalue weighted by Crippen LogP contribution is 2.43. The number of nitrogens with two attached hydrogens (primary N) is 1. The zero-order chi connectivity index (χ0) is 46.9. The lowest BCUT2D eigenvalue weighted by atomic mass is 9.86. The topological polar surface area (TPSA) is 158 Å². The Hall–Kier alpha value is -5.68. The van der Waals surface area contributed by atoms with Crippen LogP contribution in [-0.4, -0.2) is 105 Å². The summed E-state index contributed by atoms with van der Waals surface area (Å²) in [6.45, 7) is 14.5. The zero-order valence-corrected chi connectivity index (χ0v) is 39.5. The van der Waals surface area contributed by atoms with Crippen molar-refractivity contribution >= 4 is 43.9 Å². The first kappa shape index (κ1) is 45.5. The van der Waals surface area contributed by atoms with Gasteiger partial charge in [-0.3, -0.25) is 9.69 Å². The van der Waals surface area contributed by atoms with Crippen molar-refractivity contribution in [3.05, 3.63) is 118 Å². The van der Waals surface area contributed by atoms with Crippen molar-refractivity contribution in [2.75, 3.05) is 37.6 Å². The van der Waals surface area contributed by atoms with Crippen LogP contribution >= 0.6 is 0 Å². The number of carbonyl (C=O) groups excluding carboxylic acids is 1. The van der Waals surface area contributed by atoms with E-state index in [1.54, 1.807) is 55.7 Å². The van der Waals surface area contributed by atoms with E-state index in [-0.39, 0.29) is 47.1 Å². The van der Waals surface area contributed by atoms with Crippen LogP contribution in [0, 0.1) is 12.7 Å². The molecule has 3 aliphatic rings. The van der Waals surface area contributed by atoms with E-state index in [1.165, 1.54) is 22.9 Å². The molecule has 6 aromatic rings. The van der Waals surface area contributed by atoms with Gasteiger partial charge in [-0.25, -0.2) is 31.5 Å². The Balaban J connectivity index is 1.11. The van der Waals surface area contributed by atoms with Crippen molar-refractivity contribution in [2.45, 2.75) is 108 Å². The molecule has 3 aromatic heterocycles. The van der Waals surface area contributed by atoms with Crippen LogP contribution in [0.25, 0.3) is 32.9 Å². The Labute approximate surface area is 385 Å². The summed E-state index contributed by atoms with van der Waals surface area (Å²) in [6.07, 6.45) is 6.20. The molecule has 3 atom stereocenters. The molecule has 348 valence electrons. The number of ether oxygens (including phenoxy) is 2. The largest absolute Gasteiger partial charge is 0.444 e. The van der Waals surface area contributed by atoms with Crippen LogP contribution in [0.3, 0.4) is 0 Å². The van der Waals surface area contributed by atoms with Gasteiger partial charge in [0.15, 0.2) is 0 Å². The van der Waals surface area contributed by atoms with E-state index in [4.69, 9.17) is 25.2 Å². The van der Waals surface area contributed by atoms with Crippen LogP contribution in [0.2, 0.25) is 0 Å². The van der Waals surface area contributed by atoms with Gasteiger partial charge in [-0.1, -0.05) is 35.9 Å². The fraction of sp³-hybridized carbons (Fsp3) is 0.440. The van der Waals surface area contributed by atoms with E-state index in [0.717, 1.165) is 41.8 Å². The van der Waals surface area contributed by atoms with Gasteiger partial charge in [-0.15, -0.1) is 0 Å². The summed E-state index contributed by atoms with van der Waals surface area (Å²) in [5.41, 5.74) is 8.60. The third-order valence-corrected chi connectivity index (χ3v) is 15.0. The lowest BCUT2D eigenvalue weighted by Crippen LogP contribution is -2.62. The molecular weight excluding hydrogens is 860 g/mol. The number of rotatable bonds is 10. The van der Waals surface area contributed by atoms with Crippen LogP contribution in [0.5, 0.6) is 0 Å². The number of amides is 1. The van der Waals surface area contributed by atoms with Crippen molar-refractivity contribution in [3.8, 4) is 11.1 Å². The molecule has 2 saturated heterocycles. The molecule has 1 amide bonds. The van der Waals surface area contributed by atoms with Crippen molar-refractivity contribution in [2.24, 2.45) is 12.8 Å². The second-order valence-electron chi connectivity index (χ2n) is 19.4. The number of nitrogens with zero attached hydrogens (tertiary/aromatic N) is 7. The number of aryl methyl sites for hydroxylation is 2. The SMILES string of the molecule is Cc1ccc(S(=O)(=O)n2ccc3c(-c4ccc5nc(N6CCC(N7C[C@@H](C)N(C(=O)OC(C)(C)C)C[C@@H]7C)CC6)nc(C(CN)(OC6CC6)c6ccc(F)cc6)c5c4)cn(C)c(=O)c32)cc1. The summed E-state index contributed by atoms with van der Waals surface area (Å²) >= 11 is 0. The number of aromatic nitrogens is 4. The van der Waals surface area contributed by atoms with Crippen molar-refractivity contribution in [1.82, 2.24) is 28.3 Å². The first-order valence-electron chi connectivity index (χ1n) is 22.9. The van der Waals surface area contributed by atoms with Gasteiger partial charge >= 0.3 is 6.09 Å². The molecule has 0 radical (unpaired) electrons. The molecule has 2 N–H and O–H groups in total. The minimum atomic E-state index is -4.12. The minimum Gasteiger partial charge on any atom is -0.444 e. The molecule has 0 bridgehead atoms.